The number of rotatable bonds is 9. The first-order valence-corrected chi connectivity index (χ1v) is 9.50. The lowest BCUT2D eigenvalue weighted by atomic mass is 10.0. The van der Waals surface area contributed by atoms with Gasteiger partial charge < -0.3 is 14.2 Å². The smallest absolute Gasteiger partial charge is 0.384 e. The zero-order valence-corrected chi connectivity index (χ0v) is 17.0. The minimum absolute atomic E-state index is 0.0285. The number of hydrogen-bond acceptors (Lipinski definition) is 5. The predicted molar refractivity (Wildman–Crippen MR) is 101 cm³/mol. The lowest BCUT2D eigenvalue weighted by Crippen LogP contribution is -2.42. The van der Waals surface area contributed by atoms with E-state index in [0.717, 1.165) is 12.0 Å². The first kappa shape index (κ1) is 22.9. The molecule has 0 fully saturated rings. The summed E-state index contributed by atoms with van der Waals surface area (Å²) in [7, 11) is 1.57. The molecule has 0 aliphatic carbocycles. The fourth-order valence-electron chi connectivity index (χ4n) is 2.88. The fraction of sp³-hybridized carbons (Fsp3) is 0.550. The van der Waals surface area contributed by atoms with Crippen LogP contribution in [0.15, 0.2) is 28.8 Å². The van der Waals surface area contributed by atoms with E-state index in [4.69, 9.17) is 4.74 Å². The van der Waals surface area contributed by atoms with E-state index in [1.165, 1.54) is 0 Å². The van der Waals surface area contributed by atoms with Gasteiger partial charge in [-0.1, -0.05) is 43.3 Å². The molecule has 9 heteroatoms. The summed E-state index contributed by atoms with van der Waals surface area (Å²) in [6, 6.07) is 6.77. The van der Waals surface area contributed by atoms with Crippen LogP contribution in [0.25, 0.3) is 11.4 Å². The second-order valence-corrected chi connectivity index (χ2v) is 6.90. The maximum atomic E-state index is 13.0. The van der Waals surface area contributed by atoms with E-state index in [1.807, 2.05) is 25.7 Å². The molecule has 6 nitrogen and oxygen atoms in total. The minimum Gasteiger partial charge on any atom is -0.384 e. The van der Waals surface area contributed by atoms with Crippen molar-refractivity contribution in [2.45, 2.75) is 52.4 Å². The van der Waals surface area contributed by atoms with Gasteiger partial charge in [-0.15, -0.1) is 0 Å². The van der Waals surface area contributed by atoms with Crippen molar-refractivity contribution in [3.05, 3.63) is 35.7 Å². The zero-order chi connectivity index (χ0) is 21.6. The van der Waals surface area contributed by atoms with Gasteiger partial charge in [-0.25, -0.2) is 0 Å². The first-order valence-electron chi connectivity index (χ1n) is 9.50. The van der Waals surface area contributed by atoms with Gasteiger partial charge in [0.25, 0.3) is 0 Å². The van der Waals surface area contributed by atoms with Gasteiger partial charge in [0.15, 0.2) is 0 Å². The maximum Gasteiger partial charge on any atom is 0.471 e. The Morgan fingerprint density at radius 2 is 1.86 bits per heavy atom. The fourth-order valence-corrected chi connectivity index (χ4v) is 2.88. The molecule has 0 saturated heterocycles. The van der Waals surface area contributed by atoms with Crippen LogP contribution in [0, 0.1) is 5.92 Å². The maximum absolute atomic E-state index is 13.0. The molecule has 1 aromatic heterocycles. The topological polar surface area (TPSA) is 68.5 Å². The van der Waals surface area contributed by atoms with Crippen LogP contribution in [0.5, 0.6) is 0 Å². The van der Waals surface area contributed by atoms with Crippen LogP contribution in [-0.2, 0) is 22.3 Å². The summed E-state index contributed by atoms with van der Waals surface area (Å²) in [6.45, 7) is 6.71. The summed E-state index contributed by atoms with van der Waals surface area (Å²) in [6.07, 6.45) is -3.20. The molecule has 0 aliphatic rings. The summed E-state index contributed by atoms with van der Waals surface area (Å²) in [5.41, 5.74) is 1.26. The number of benzene rings is 1. The number of amides is 1. The van der Waals surface area contributed by atoms with Crippen LogP contribution in [0.1, 0.15) is 45.1 Å². The molecular weight excluding hydrogens is 387 g/mol. The van der Waals surface area contributed by atoms with Gasteiger partial charge in [0, 0.05) is 25.3 Å². The Kier molecular flexibility index (Phi) is 7.78. The molecule has 1 amide bonds. The highest BCUT2D eigenvalue weighted by Crippen LogP contribution is 2.29. The van der Waals surface area contributed by atoms with E-state index in [0.29, 0.717) is 25.1 Å². The van der Waals surface area contributed by atoms with Crippen LogP contribution in [0.4, 0.5) is 13.2 Å². The van der Waals surface area contributed by atoms with Gasteiger partial charge in [0.2, 0.25) is 11.7 Å². The molecule has 160 valence electrons. The molecule has 0 bridgehead atoms. The summed E-state index contributed by atoms with van der Waals surface area (Å²) >= 11 is 0. The van der Waals surface area contributed by atoms with Crippen LogP contribution in [0.3, 0.4) is 0 Å². The summed E-state index contributed by atoms with van der Waals surface area (Å²) in [5.74, 6) is -1.70. The summed E-state index contributed by atoms with van der Waals surface area (Å²) in [5, 5.41) is 3.38. The van der Waals surface area contributed by atoms with Gasteiger partial charge in [0.05, 0.1) is 12.5 Å². The molecule has 2 unspecified atom stereocenters. The lowest BCUT2D eigenvalue weighted by Gasteiger charge is -2.32. The van der Waals surface area contributed by atoms with Crippen LogP contribution < -0.4 is 0 Å². The molecule has 2 aromatic rings. The average molecular weight is 413 g/mol. The van der Waals surface area contributed by atoms with Gasteiger partial charge in [-0.3, -0.25) is 4.79 Å². The SMILES string of the molecule is CCC(COC)C(=O)N(Cc1ccc(-c2noc(C(F)(F)F)n2)cc1)C(C)CC. The quantitative estimate of drug-likeness (QED) is 0.603. The van der Waals surface area contributed by atoms with E-state index in [-0.39, 0.29) is 23.7 Å². The summed E-state index contributed by atoms with van der Waals surface area (Å²) < 4.78 is 47.3. The van der Waals surface area contributed by atoms with Crippen molar-refractivity contribution in [2.24, 2.45) is 5.92 Å². The largest absolute Gasteiger partial charge is 0.471 e. The number of halogens is 3. The van der Waals surface area contributed by atoms with E-state index in [2.05, 4.69) is 14.7 Å². The van der Waals surface area contributed by atoms with Crippen molar-refractivity contribution >= 4 is 5.91 Å². The van der Waals surface area contributed by atoms with Gasteiger partial charge in [-0.2, -0.15) is 18.2 Å². The number of carbonyl (C=O) groups excluding carboxylic acids is 1. The van der Waals surface area contributed by atoms with E-state index in [1.54, 1.807) is 31.4 Å². The molecular formula is C20H26F3N3O3. The molecule has 29 heavy (non-hydrogen) atoms. The number of hydrogen-bond donors (Lipinski definition) is 0. The zero-order valence-electron chi connectivity index (χ0n) is 17.0. The normalized spacial score (nSPS) is 13.9. The molecule has 2 atom stereocenters. The number of alkyl halides is 3. The third kappa shape index (κ3) is 5.79. The van der Waals surface area contributed by atoms with Crippen LogP contribution >= 0.6 is 0 Å². The minimum atomic E-state index is -4.68. The number of aromatic nitrogens is 2. The van der Waals surface area contributed by atoms with E-state index in [9.17, 15) is 18.0 Å². The highest BCUT2D eigenvalue weighted by molar-refractivity contribution is 5.79. The van der Waals surface area contributed by atoms with E-state index >= 15 is 0 Å². The number of methoxy groups -OCH3 is 1. The van der Waals surface area contributed by atoms with Gasteiger partial charge in [0.1, 0.15) is 0 Å². The highest BCUT2D eigenvalue weighted by Gasteiger charge is 2.38. The molecule has 0 spiro atoms. The standard InChI is InChI=1S/C20H26F3N3O3/c1-5-13(3)26(18(27)15(6-2)12-28-4)11-14-7-9-16(10-8-14)17-24-19(29-25-17)20(21,22)23/h7-10,13,15H,5-6,11-12H2,1-4H3. The van der Waals surface area contributed by atoms with Crippen LogP contribution in [0.2, 0.25) is 0 Å². The Balaban J connectivity index is 2.18. The van der Waals surface area contributed by atoms with Crippen molar-refractivity contribution < 1.29 is 27.2 Å². The third-order valence-corrected chi connectivity index (χ3v) is 4.85. The van der Waals surface area contributed by atoms with Crippen molar-refractivity contribution in [3.63, 3.8) is 0 Å². The Hall–Kier alpha value is -2.42. The average Bonchev–Trinajstić information content (AvgIpc) is 3.20. The molecule has 1 heterocycles. The number of nitrogens with zero attached hydrogens (tertiary/aromatic N) is 3. The Bertz CT molecular complexity index is 790. The van der Waals surface area contributed by atoms with Crippen LogP contribution in [-0.4, -0.2) is 40.7 Å². The lowest BCUT2D eigenvalue weighted by molar-refractivity contribution is -0.159. The molecule has 0 radical (unpaired) electrons. The molecule has 1 aromatic carbocycles. The third-order valence-electron chi connectivity index (χ3n) is 4.85. The second kappa shape index (κ2) is 9.87. The Morgan fingerprint density at radius 3 is 2.34 bits per heavy atom. The van der Waals surface area contributed by atoms with Crippen molar-refractivity contribution in [2.75, 3.05) is 13.7 Å². The van der Waals surface area contributed by atoms with Crippen molar-refractivity contribution in [1.29, 1.82) is 0 Å². The van der Waals surface area contributed by atoms with E-state index < -0.39 is 12.1 Å². The predicted octanol–water partition coefficient (Wildman–Crippen LogP) is 4.56. The highest BCUT2D eigenvalue weighted by atomic mass is 19.4. The molecule has 0 saturated carbocycles. The molecule has 0 aliphatic heterocycles. The summed E-state index contributed by atoms with van der Waals surface area (Å²) in [4.78, 5) is 18.2. The number of carbonyl (C=O) groups is 1. The second-order valence-electron chi connectivity index (χ2n) is 6.90. The van der Waals surface area contributed by atoms with Crippen molar-refractivity contribution in [1.82, 2.24) is 15.0 Å². The Labute approximate surface area is 168 Å². The Morgan fingerprint density at radius 1 is 1.21 bits per heavy atom. The van der Waals surface area contributed by atoms with Gasteiger partial charge in [-0.05, 0) is 25.3 Å². The first-order chi connectivity index (χ1) is 13.7. The van der Waals surface area contributed by atoms with Crippen molar-refractivity contribution in [3.8, 4) is 11.4 Å². The number of ether oxygens (including phenoxy) is 1. The molecule has 0 N–H and O–H groups in total. The molecule has 2 rings (SSSR count). The van der Waals surface area contributed by atoms with Gasteiger partial charge >= 0.3 is 12.1 Å². The monoisotopic (exact) mass is 413 g/mol.